The first-order chi connectivity index (χ1) is 13.3. The molecule has 0 aliphatic carbocycles. The summed E-state index contributed by atoms with van der Waals surface area (Å²) in [6, 6.07) is 12.9. The Kier molecular flexibility index (Phi) is 5.36. The molecule has 1 amide bonds. The molecule has 0 aliphatic rings. The summed E-state index contributed by atoms with van der Waals surface area (Å²) < 4.78 is 66.5. The van der Waals surface area contributed by atoms with E-state index in [1.165, 1.54) is 36.4 Å². The Bertz CT molecular complexity index is 1130. The summed E-state index contributed by atoms with van der Waals surface area (Å²) >= 11 is 0. The monoisotopic (exact) mass is 406 g/mol. The maximum Gasteiger partial charge on any atom is 0.262 e. The van der Waals surface area contributed by atoms with Crippen molar-refractivity contribution in [1.82, 2.24) is 0 Å². The third-order valence-corrected chi connectivity index (χ3v) is 5.08. The lowest BCUT2D eigenvalue weighted by Crippen LogP contribution is -2.18. The summed E-state index contributed by atoms with van der Waals surface area (Å²) in [5.41, 5.74) is 0.231. The van der Waals surface area contributed by atoms with Crippen LogP contribution in [-0.4, -0.2) is 14.3 Å². The van der Waals surface area contributed by atoms with E-state index in [1.54, 1.807) is 0 Å². The van der Waals surface area contributed by atoms with Gasteiger partial charge >= 0.3 is 0 Å². The first-order valence-corrected chi connectivity index (χ1v) is 9.38. The van der Waals surface area contributed by atoms with Crippen LogP contribution in [0.4, 0.5) is 24.5 Å². The van der Waals surface area contributed by atoms with Crippen molar-refractivity contribution in [1.29, 1.82) is 0 Å². The van der Waals surface area contributed by atoms with E-state index in [-0.39, 0.29) is 11.3 Å². The minimum Gasteiger partial charge on any atom is -0.322 e. The fraction of sp³-hybridized carbons (Fsp3) is 0. The van der Waals surface area contributed by atoms with Crippen molar-refractivity contribution in [2.45, 2.75) is 4.90 Å². The Balaban J connectivity index is 1.88. The molecule has 3 aromatic carbocycles. The fourth-order valence-corrected chi connectivity index (χ4v) is 3.44. The molecule has 0 aliphatic heterocycles. The molecule has 0 heterocycles. The molecule has 3 rings (SSSR count). The van der Waals surface area contributed by atoms with E-state index in [4.69, 9.17) is 0 Å². The second-order valence-electron chi connectivity index (χ2n) is 5.69. The van der Waals surface area contributed by atoms with Gasteiger partial charge in [0.1, 0.15) is 5.82 Å². The van der Waals surface area contributed by atoms with E-state index >= 15 is 0 Å². The van der Waals surface area contributed by atoms with Crippen LogP contribution in [0.25, 0.3) is 0 Å². The van der Waals surface area contributed by atoms with E-state index < -0.39 is 38.3 Å². The highest BCUT2D eigenvalue weighted by molar-refractivity contribution is 7.92. The average Bonchev–Trinajstić information content (AvgIpc) is 2.66. The zero-order valence-corrected chi connectivity index (χ0v) is 14.9. The third kappa shape index (κ3) is 4.32. The highest BCUT2D eigenvalue weighted by atomic mass is 32.2. The van der Waals surface area contributed by atoms with Crippen molar-refractivity contribution in [3.05, 3.63) is 89.7 Å². The standard InChI is InChI=1S/C19H13F3N2O3S/c20-12-5-7-13(8-6-12)23-19(25)15-3-1-2-4-18(15)24-28(26,27)14-9-10-16(21)17(22)11-14/h1-11,24H,(H,23,25). The predicted molar refractivity (Wildman–Crippen MR) is 98.0 cm³/mol. The summed E-state index contributed by atoms with van der Waals surface area (Å²) in [6.45, 7) is 0. The largest absolute Gasteiger partial charge is 0.322 e. The molecule has 9 heteroatoms. The number of halogens is 3. The minimum atomic E-state index is -4.27. The molecule has 5 nitrogen and oxygen atoms in total. The first kappa shape index (κ1) is 19.4. The van der Waals surface area contributed by atoms with Crippen LogP contribution in [0.5, 0.6) is 0 Å². The molecule has 28 heavy (non-hydrogen) atoms. The first-order valence-electron chi connectivity index (χ1n) is 7.90. The summed E-state index contributed by atoms with van der Waals surface area (Å²) in [5.74, 6) is -3.61. The second-order valence-corrected chi connectivity index (χ2v) is 7.37. The number of hydrogen-bond donors (Lipinski definition) is 2. The van der Waals surface area contributed by atoms with Crippen molar-refractivity contribution < 1.29 is 26.4 Å². The Morgan fingerprint density at radius 3 is 2.18 bits per heavy atom. The van der Waals surface area contributed by atoms with Crippen molar-refractivity contribution in [2.24, 2.45) is 0 Å². The predicted octanol–water partition coefficient (Wildman–Crippen LogP) is 4.16. The van der Waals surface area contributed by atoms with E-state index in [2.05, 4.69) is 10.0 Å². The Morgan fingerprint density at radius 1 is 0.821 bits per heavy atom. The molecule has 144 valence electrons. The lowest BCUT2D eigenvalue weighted by Gasteiger charge is -2.13. The van der Waals surface area contributed by atoms with Crippen LogP contribution in [0.3, 0.4) is 0 Å². The van der Waals surface area contributed by atoms with Gasteiger partial charge in [0.15, 0.2) is 11.6 Å². The average molecular weight is 406 g/mol. The SMILES string of the molecule is O=C(Nc1ccc(F)cc1)c1ccccc1NS(=O)(=O)c1ccc(F)c(F)c1. The van der Waals surface area contributed by atoms with Gasteiger partial charge in [-0.3, -0.25) is 9.52 Å². The summed E-state index contributed by atoms with van der Waals surface area (Å²) in [6.07, 6.45) is 0. The maximum atomic E-state index is 13.4. The number of sulfonamides is 1. The molecule has 0 unspecified atom stereocenters. The van der Waals surface area contributed by atoms with Gasteiger partial charge < -0.3 is 5.32 Å². The molecule has 0 atom stereocenters. The van der Waals surface area contributed by atoms with Gasteiger partial charge in [0.05, 0.1) is 16.1 Å². The zero-order valence-electron chi connectivity index (χ0n) is 14.1. The molecular weight excluding hydrogens is 393 g/mol. The minimum absolute atomic E-state index is 0.0158. The van der Waals surface area contributed by atoms with Crippen LogP contribution >= 0.6 is 0 Å². The number of benzene rings is 3. The molecule has 0 aromatic heterocycles. The number of rotatable bonds is 5. The van der Waals surface area contributed by atoms with Gasteiger partial charge in [0.2, 0.25) is 0 Å². The van der Waals surface area contributed by atoms with Gasteiger partial charge in [-0.25, -0.2) is 21.6 Å². The molecule has 0 saturated carbocycles. The van der Waals surface area contributed by atoms with Gasteiger partial charge in [-0.05, 0) is 54.6 Å². The summed E-state index contributed by atoms with van der Waals surface area (Å²) in [5, 5.41) is 2.52. The lowest BCUT2D eigenvalue weighted by molar-refractivity contribution is 0.102. The van der Waals surface area contributed by atoms with E-state index in [1.807, 2.05) is 0 Å². The van der Waals surface area contributed by atoms with Crippen LogP contribution in [0.15, 0.2) is 71.6 Å². The summed E-state index contributed by atoms with van der Waals surface area (Å²) in [4.78, 5) is 12.0. The van der Waals surface area contributed by atoms with Crippen LogP contribution in [0.1, 0.15) is 10.4 Å². The molecular formula is C19H13F3N2O3S. The highest BCUT2D eigenvalue weighted by Gasteiger charge is 2.20. The van der Waals surface area contributed by atoms with Crippen LogP contribution < -0.4 is 10.0 Å². The number of carbonyl (C=O) groups excluding carboxylic acids is 1. The molecule has 2 N–H and O–H groups in total. The Morgan fingerprint density at radius 2 is 1.50 bits per heavy atom. The molecule has 0 saturated heterocycles. The van der Waals surface area contributed by atoms with Gasteiger partial charge in [-0.2, -0.15) is 0 Å². The van der Waals surface area contributed by atoms with Crippen LogP contribution in [0, 0.1) is 17.5 Å². The van der Waals surface area contributed by atoms with Gasteiger partial charge in [-0.15, -0.1) is 0 Å². The van der Waals surface area contributed by atoms with Crippen LogP contribution in [-0.2, 0) is 10.0 Å². The fourth-order valence-electron chi connectivity index (χ4n) is 2.35. The number of anilines is 2. The Hall–Kier alpha value is -3.33. The maximum absolute atomic E-state index is 13.4. The number of amides is 1. The van der Waals surface area contributed by atoms with Crippen molar-refractivity contribution in [3.8, 4) is 0 Å². The molecule has 0 bridgehead atoms. The number of hydrogen-bond acceptors (Lipinski definition) is 3. The smallest absolute Gasteiger partial charge is 0.262 e. The van der Waals surface area contributed by atoms with Crippen molar-refractivity contribution >= 4 is 27.3 Å². The van der Waals surface area contributed by atoms with Crippen molar-refractivity contribution in [2.75, 3.05) is 10.0 Å². The van der Waals surface area contributed by atoms with Gasteiger partial charge in [-0.1, -0.05) is 12.1 Å². The van der Waals surface area contributed by atoms with Gasteiger partial charge in [0, 0.05) is 5.69 Å². The molecule has 0 radical (unpaired) electrons. The zero-order chi connectivity index (χ0) is 20.3. The Labute approximate surface area is 158 Å². The normalized spacial score (nSPS) is 11.1. The molecule has 0 fully saturated rings. The van der Waals surface area contributed by atoms with Crippen molar-refractivity contribution in [3.63, 3.8) is 0 Å². The topological polar surface area (TPSA) is 75.3 Å². The third-order valence-electron chi connectivity index (χ3n) is 3.72. The number of carbonyl (C=O) groups is 1. The van der Waals surface area contributed by atoms with E-state index in [0.29, 0.717) is 17.8 Å². The highest BCUT2D eigenvalue weighted by Crippen LogP contribution is 2.22. The van der Waals surface area contributed by atoms with Gasteiger partial charge in [0.25, 0.3) is 15.9 Å². The quantitative estimate of drug-likeness (QED) is 0.668. The molecule has 3 aromatic rings. The second kappa shape index (κ2) is 7.73. The summed E-state index contributed by atoms with van der Waals surface area (Å²) in [7, 11) is -4.27. The number of para-hydroxylation sites is 1. The van der Waals surface area contributed by atoms with Crippen LogP contribution in [0.2, 0.25) is 0 Å². The van der Waals surface area contributed by atoms with E-state index in [0.717, 1.165) is 18.2 Å². The molecule has 0 spiro atoms. The number of nitrogens with one attached hydrogen (secondary N) is 2. The lowest BCUT2D eigenvalue weighted by atomic mass is 10.1. The van der Waals surface area contributed by atoms with E-state index in [9.17, 15) is 26.4 Å².